The first-order chi connectivity index (χ1) is 12.0. The molecule has 0 N–H and O–H groups in total. The number of benzene rings is 2. The zero-order valence-electron chi connectivity index (χ0n) is 14.2. The third kappa shape index (κ3) is 5.15. The van der Waals surface area contributed by atoms with Gasteiger partial charge in [-0.2, -0.15) is 0 Å². The van der Waals surface area contributed by atoms with Crippen molar-refractivity contribution in [2.75, 3.05) is 34.4 Å². The van der Waals surface area contributed by atoms with Crippen LogP contribution < -0.4 is 14.2 Å². The minimum absolute atomic E-state index is 0.106. The molecule has 2 rings (SSSR count). The van der Waals surface area contributed by atoms with Gasteiger partial charge in [0.05, 0.1) is 26.3 Å². The first-order valence-electron chi connectivity index (χ1n) is 7.51. The molecule has 5 nitrogen and oxygen atoms in total. The number of carbonyl (C=O) groups is 1. The van der Waals surface area contributed by atoms with E-state index in [1.807, 2.05) is 0 Å². The van der Waals surface area contributed by atoms with E-state index in [2.05, 4.69) is 22.6 Å². The second-order valence-electron chi connectivity index (χ2n) is 5.22. The Morgan fingerprint density at radius 2 is 1.72 bits per heavy atom. The minimum Gasteiger partial charge on any atom is -0.493 e. The van der Waals surface area contributed by atoms with E-state index in [0.717, 1.165) is 3.57 Å². The molecule has 0 unspecified atom stereocenters. The molecule has 7 heteroatoms. The maximum Gasteiger partial charge on any atom is 0.254 e. The highest BCUT2D eigenvalue weighted by atomic mass is 127. The quantitative estimate of drug-likeness (QED) is 0.566. The molecule has 0 aliphatic rings. The number of nitrogens with zero attached hydrogens (tertiary/aromatic N) is 1. The van der Waals surface area contributed by atoms with Gasteiger partial charge in [0.15, 0.2) is 11.5 Å². The molecule has 2 aromatic rings. The lowest BCUT2D eigenvalue weighted by molar-refractivity contribution is 0.0772. The molecule has 2 aromatic carbocycles. The Hall–Kier alpha value is -1.67. The van der Waals surface area contributed by atoms with Gasteiger partial charge in [0, 0.05) is 15.6 Å². The van der Waals surface area contributed by atoms with Crippen LogP contribution in [0.3, 0.4) is 0 Å². The highest BCUT2D eigenvalue weighted by molar-refractivity contribution is 14.1. The van der Waals surface area contributed by atoms with Crippen LogP contribution in [0.5, 0.6) is 17.2 Å². The number of likely N-dealkylation sites (N-methyl/N-ethyl adjacent to an activating group) is 1. The van der Waals surface area contributed by atoms with E-state index in [9.17, 15) is 4.79 Å². The lowest BCUT2D eigenvalue weighted by atomic mass is 10.1. The van der Waals surface area contributed by atoms with Crippen LogP contribution in [-0.2, 0) is 0 Å². The summed E-state index contributed by atoms with van der Waals surface area (Å²) in [6.07, 6.45) is 0. The smallest absolute Gasteiger partial charge is 0.254 e. The number of rotatable bonds is 7. The van der Waals surface area contributed by atoms with Gasteiger partial charge in [-0.25, -0.2) is 0 Å². The summed E-state index contributed by atoms with van der Waals surface area (Å²) < 4.78 is 17.0. The summed E-state index contributed by atoms with van der Waals surface area (Å²) in [5, 5.41) is 0.655. The van der Waals surface area contributed by atoms with E-state index in [1.165, 1.54) is 0 Å². The van der Waals surface area contributed by atoms with E-state index < -0.39 is 0 Å². The van der Waals surface area contributed by atoms with Crippen molar-refractivity contribution >= 4 is 40.1 Å². The van der Waals surface area contributed by atoms with Crippen LogP contribution in [0.25, 0.3) is 0 Å². The summed E-state index contributed by atoms with van der Waals surface area (Å²) in [6.45, 7) is 0.833. The second-order valence-corrected chi connectivity index (χ2v) is 6.81. The predicted molar refractivity (Wildman–Crippen MR) is 106 cm³/mol. The summed E-state index contributed by atoms with van der Waals surface area (Å²) in [5.41, 5.74) is 0.562. The molecule has 1 amide bonds. The lowest BCUT2D eigenvalue weighted by Gasteiger charge is -2.19. The molecule has 0 atom stereocenters. The monoisotopic (exact) mass is 475 g/mol. The van der Waals surface area contributed by atoms with Gasteiger partial charge in [0.2, 0.25) is 0 Å². The fraction of sp³-hybridized carbons (Fsp3) is 0.278. The molecule has 0 saturated carbocycles. The number of amides is 1. The molecule has 0 aliphatic heterocycles. The first kappa shape index (κ1) is 19.7. The summed E-state index contributed by atoms with van der Waals surface area (Å²) in [5.74, 6) is 1.73. The molecule has 0 heterocycles. The van der Waals surface area contributed by atoms with Crippen LogP contribution in [0, 0.1) is 3.57 Å². The van der Waals surface area contributed by atoms with Crippen molar-refractivity contribution in [3.63, 3.8) is 0 Å². The van der Waals surface area contributed by atoms with Crippen molar-refractivity contribution in [1.82, 2.24) is 4.90 Å². The molecular formula is C18H19ClINO4. The molecule has 0 fully saturated rings. The molecular weight excluding hydrogens is 457 g/mol. The molecule has 0 aliphatic carbocycles. The van der Waals surface area contributed by atoms with Crippen molar-refractivity contribution in [2.24, 2.45) is 0 Å². The minimum atomic E-state index is -0.106. The average molecular weight is 476 g/mol. The fourth-order valence-corrected chi connectivity index (χ4v) is 2.95. The summed E-state index contributed by atoms with van der Waals surface area (Å²) >= 11 is 7.95. The van der Waals surface area contributed by atoms with Crippen LogP contribution >= 0.6 is 34.2 Å². The topological polar surface area (TPSA) is 48.0 Å². The summed E-state index contributed by atoms with van der Waals surface area (Å²) in [4.78, 5) is 14.3. The van der Waals surface area contributed by atoms with Gasteiger partial charge in [-0.3, -0.25) is 4.79 Å². The van der Waals surface area contributed by atoms with Crippen LogP contribution in [-0.4, -0.2) is 45.2 Å². The molecule has 0 saturated heterocycles. The summed E-state index contributed by atoms with van der Waals surface area (Å²) in [7, 11) is 4.85. The maximum atomic E-state index is 12.7. The zero-order chi connectivity index (χ0) is 18.4. The second kappa shape index (κ2) is 9.15. The Morgan fingerprint density at radius 3 is 2.32 bits per heavy atom. The fourth-order valence-electron chi connectivity index (χ4n) is 2.16. The normalized spacial score (nSPS) is 10.3. The van der Waals surface area contributed by atoms with Crippen molar-refractivity contribution < 1.29 is 19.0 Å². The van der Waals surface area contributed by atoms with E-state index in [1.54, 1.807) is 62.6 Å². The average Bonchev–Trinajstić information content (AvgIpc) is 2.62. The standard InChI is InChI=1S/C18H19ClINO4/c1-21(8-9-25-13-6-4-12(19)5-7-13)18(22)14-10-16(23-2)17(24-3)11-15(14)20/h4-7,10-11H,8-9H2,1-3H3. The van der Waals surface area contributed by atoms with Crippen molar-refractivity contribution in [2.45, 2.75) is 0 Å². The lowest BCUT2D eigenvalue weighted by Crippen LogP contribution is -2.31. The number of hydrogen-bond acceptors (Lipinski definition) is 4. The molecule has 134 valence electrons. The Balaban J connectivity index is 2.00. The third-order valence-electron chi connectivity index (χ3n) is 3.56. The maximum absolute atomic E-state index is 12.7. The van der Waals surface area contributed by atoms with Crippen LogP contribution in [0.4, 0.5) is 0 Å². The zero-order valence-corrected chi connectivity index (χ0v) is 17.1. The third-order valence-corrected chi connectivity index (χ3v) is 4.70. The molecule has 25 heavy (non-hydrogen) atoms. The molecule has 0 spiro atoms. The Labute approximate surface area is 166 Å². The van der Waals surface area contributed by atoms with E-state index in [0.29, 0.717) is 41.0 Å². The Morgan fingerprint density at radius 1 is 1.12 bits per heavy atom. The van der Waals surface area contributed by atoms with Gasteiger partial charge in [-0.05, 0) is 59.0 Å². The van der Waals surface area contributed by atoms with Crippen LogP contribution in [0.1, 0.15) is 10.4 Å². The van der Waals surface area contributed by atoms with E-state index in [-0.39, 0.29) is 5.91 Å². The van der Waals surface area contributed by atoms with Crippen molar-refractivity contribution in [3.05, 3.63) is 50.6 Å². The molecule has 0 bridgehead atoms. The number of halogens is 2. The van der Waals surface area contributed by atoms with Crippen molar-refractivity contribution in [3.8, 4) is 17.2 Å². The SMILES string of the molecule is COc1cc(I)c(C(=O)N(C)CCOc2ccc(Cl)cc2)cc1OC. The highest BCUT2D eigenvalue weighted by Gasteiger charge is 2.18. The van der Waals surface area contributed by atoms with Gasteiger partial charge in [0.1, 0.15) is 12.4 Å². The Kier molecular flexibility index (Phi) is 7.19. The van der Waals surface area contributed by atoms with Crippen molar-refractivity contribution in [1.29, 1.82) is 0 Å². The first-order valence-corrected chi connectivity index (χ1v) is 8.97. The van der Waals surface area contributed by atoms with Crippen LogP contribution in [0.15, 0.2) is 36.4 Å². The van der Waals surface area contributed by atoms with Gasteiger partial charge in [-0.1, -0.05) is 11.6 Å². The van der Waals surface area contributed by atoms with Gasteiger partial charge in [0.25, 0.3) is 5.91 Å². The highest BCUT2D eigenvalue weighted by Crippen LogP contribution is 2.31. The molecule has 0 aromatic heterocycles. The van der Waals surface area contributed by atoms with E-state index in [4.69, 9.17) is 25.8 Å². The van der Waals surface area contributed by atoms with E-state index >= 15 is 0 Å². The molecule has 0 radical (unpaired) electrons. The number of carbonyl (C=O) groups excluding carboxylic acids is 1. The van der Waals surface area contributed by atoms with Gasteiger partial charge < -0.3 is 19.1 Å². The largest absolute Gasteiger partial charge is 0.493 e. The van der Waals surface area contributed by atoms with Gasteiger partial charge in [-0.15, -0.1) is 0 Å². The number of ether oxygens (including phenoxy) is 3. The summed E-state index contributed by atoms with van der Waals surface area (Å²) in [6, 6.07) is 10.6. The van der Waals surface area contributed by atoms with Gasteiger partial charge >= 0.3 is 0 Å². The number of methoxy groups -OCH3 is 2. The predicted octanol–water partition coefficient (Wildman–Crippen LogP) is 4.11. The van der Waals surface area contributed by atoms with Crippen LogP contribution in [0.2, 0.25) is 5.02 Å². The number of hydrogen-bond donors (Lipinski definition) is 0. The Bertz CT molecular complexity index is 737.